The van der Waals surface area contributed by atoms with E-state index in [1.165, 1.54) is 0 Å². The Labute approximate surface area is 127 Å². The topological polar surface area (TPSA) is 41.6 Å². The van der Waals surface area contributed by atoms with Crippen LogP contribution in [0.25, 0.3) is 0 Å². The number of hydrogen-bond acceptors (Lipinski definition) is 3. The molecule has 116 valence electrons. The van der Waals surface area contributed by atoms with Crippen LogP contribution in [0.1, 0.15) is 32.3 Å². The molecule has 4 heteroatoms. The first kappa shape index (κ1) is 15.8. The molecule has 1 aromatic carbocycles. The molecule has 1 aromatic rings. The molecule has 1 aliphatic rings. The van der Waals surface area contributed by atoms with Crippen molar-refractivity contribution in [2.24, 2.45) is 5.92 Å². The minimum Gasteiger partial charge on any atom is -0.491 e. The second kappa shape index (κ2) is 7.46. The molecule has 1 fully saturated rings. The van der Waals surface area contributed by atoms with Gasteiger partial charge in [-0.3, -0.25) is 4.79 Å². The fourth-order valence-electron chi connectivity index (χ4n) is 2.67. The van der Waals surface area contributed by atoms with E-state index in [0.29, 0.717) is 6.54 Å². The Morgan fingerprint density at radius 3 is 2.71 bits per heavy atom. The molecule has 0 unspecified atom stereocenters. The summed E-state index contributed by atoms with van der Waals surface area (Å²) in [6.07, 6.45) is 2.28. The van der Waals surface area contributed by atoms with Gasteiger partial charge < -0.3 is 15.0 Å². The molecule has 0 aliphatic carbocycles. The molecule has 0 bridgehead atoms. The number of nitrogens with zero attached hydrogens (tertiary/aromatic N) is 1. The minimum atomic E-state index is 0.132. The third-order valence-electron chi connectivity index (χ3n) is 3.76. The molecule has 1 aliphatic heterocycles. The van der Waals surface area contributed by atoms with E-state index in [2.05, 4.69) is 17.3 Å². The molecule has 1 heterocycles. The Hall–Kier alpha value is -1.55. The molecule has 1 N–H and O–H groups in total. The molecule has 1 amide bonds. The number of carbonyl (C=O) groups is 1. The summed E-state index contributed by atoms with van der Waals surface area (Å²) in [5, 5.41) is 3.04. The van der Waals surface area contributed by atoms with Crippen LogP contribution < -0.4 is 10.1 Å². The van der Waals surface area contributed by atoms with Crippen LogP contribution in [-0.2, 0) is 11.3 Å². The molecule has 1 atom stereocenters. The highest BCUT2D eigenvalue weighted by Crippen LogP contribution is 2.16. The van der Waals surface area contributed by atoms with Crippen molar-refractivity contribution in [3.8, 4) is 5.75 Å². The smallest absolute Gasteiger partial charge is 0.224 e. The van der Waals surface area contributed by atoms with Crippen molar-refractivity contribution in [1.29, 1.82) is 0 Å². The molecule has 1 saturated heterocycles. The lowest BCUT2D eigenvalue weighted by Gasteiger charge is -2.28. The molecule has 4 nitrogen and oxygen atoms in total. The molecule has 2 rings (SSSR count). The molecular weight excluding hydrogens is 264 g/mol. The van der Waals surface area contributed by atoms with Crippen molar-refractivity contribution in [2.75, 3.05) is 20.1 Å². The number of hydrogen-bond donors (Lipinski definition) is 1. The van der Waals surface area contributed by atoms with E-state index >= 15 is 0 Å². The van der Waals surface area contributed by atoms with Gasteiger partial charge in [0, 0.05) is 13.1 Å². The monoisotopic (exact) mass is 290 g/mol. The first-order chi connectivity index (χ1) is 10.0. The fraction of sp³-hybridized carbons (Fsp3) is 0.588. The van der Waals surface area contributed by atoms with Crippen molar-refractivity contribution in [1.82, 2.24) is 10.2 Å². The maximum Gasteiger partial charge on any atom is 0.224 e. The van der Waals surface area contributed by atoms with Gasteiger partial charge in [-0.1, -0.05) is 12.1 Å². The van der Waals surface area contributed by atoms with Crippen LogP contribution in [0.15, 0.2) is 24.3 Å². The SMILES string of the molecule is CC(C)Oc1ccc(CNC(=O)[C@H]2CCCN(C)C2)cc1. The molecule has 21 heavy (non-hydrogen) atoms. The van der Waals surface area contributed by atoms with Gasteiger partial charge >= 0.3 is 0 Å². The quantitative estimate of drug-likeness (QED) is 0.905. The number of rotatable bonds is 5. The van der Waals surface area contributed by atoms with E-state index in [-0.39, 0.29) is 17.9 Å². The Morgan fingerprint density at radius 2 is 2.10 bits per heavy atom. The summed E-state index contributed by atoms with van der Waals surface area (Å²) in [7, 11) is 2.08. The third-order valence-corrected chi connectivity index (χ3v) is 3.76. The zero-order valence-corrected chi connectivity index (χ0v) is 13.3. The summed E-state index contributed by atoms with van der Waals surface area (Å²) in [6.45, 7) is 6.57. The normalized spacial score (nSPS) is 19.5. The number of ether oxygens (including phenoxy) is 1. The number of nitrogens with one attached hydrogen (secondary N) is 1. The number of piperidine rings is 1. The number of benzene rings is 1. The highest BCUT2D eigenvalue weighted by atomic mass is 16.5. The average molecular weight is 290 g/mol. The van der Waals surface area contributed by atoms with Gasteiger partial charge in [0.05, 0.1) is 12.0 Å². The lowest BCUT2D eigenvalue weighted by molar-refractivity contribution is -0.126. The van der Waals surface area contributed by atoms with E-state index in [0.717, 1.165) is 37.2 Å². The summed E-state index contributed by atoms with van der Waals surface area (Å²) >= 11 is 0. The predicted molar refractivity (Wildman–Crippen MR) is 84.3 cm³/mol. The van der Waals surface area contributed by atoms with Gasteiger partial charge in [-0.25, -0.2) is 0 Å². The lowest BCUT2D eigenvalue weighted by atomic mass is 9.97. The first-order valence-corrected chi connectivity index (χ1v) is 7.76. The van der Waals surface area contributed by atoms with Crippen molar-refractivity contribution < 1.29 is 9.53 Å². The van der Waals surface area contributed by atoms with Crippen LogP contribution in [0.5, 0.6) is 5.75 Å². The van der Waals surface area contributed by atoms with E-state index in [1.54, 1.807) is 0 Å². The second-order valence-electron chi connectivity index (χ2n) is 6.13. The molecular formula is C17H26N2O2. The van der Waals surface area contributed by atoms with Crippen LogP contribution >= 0.6 is 0 Å². The van der Waals surface area contributed by atoms with Crippen LogP contribution in [0.3, 0.4) is 0 Å². The standard InChI is InChI=1S/C17H26N2O2/c1-13(2)21-16-8-6-14(7-9-16)11-18-17(20)15-5-4-10-19(3)12-15/h6-9,13,15H,4-5,10-12H2,1-3H3,(H,18,20)/t15-/m0/s1. The Kier molecular flexibility index (Phi) is 5.62. The Bertz CT molecular complexity index is 456. The molecule has 0 saturated carbocycles. The van der Waals surface area contributed by atoms with Crippen LogP contribution in [0, 0.1) is 5.92 Å². The summed E-state index contributed by atoms with van der Waals surface area (Å²) in [6, 6.07) is 7.92. The van der Waals surface area contributed by atoms with E-state index < -0.39 is 0 Å². The van der Waals surface area contributed by atoms with E-state index in [4.69, 9.17) is 4.74 Å². The maximum atomic E-state index is 12.2. The zero-order chi connectivity index (χ0) is 15.2. The number of carbonyl (C=O) groups excluding carboxylic acids is 1. The van der Waals surface area contributed by atoms with Gasteiger partial charge in [0.25, 0.3) is 0 Å². The van der Waals surface area contributed by atoms with Crippen LogP contribution in [-0.4, -0.2) is 37.0 Å². The summed E-state index contributed by atoms with van der Waals surface area (Å²) in [4.78, 5) is 14.4. The highest BCUT2D eigenvalue weighted by molar-refractivity contribution is 5.78. The van der Waals surface area contributed by atoms with Gasteiger partial charge in [0.1, 0.15) is 5.75 Å². The first-order valence-electron chi connectivity index (χ1n) is 7.76. The van der Waals surface area contributed by atoms with E-state index in [9.17, 15) is 4.79 Å². The summed E-state index contributed by atoms with van der Waals surface area (Å²) in [5.74, 6) is 1.17. The summed E-state index contributed by atoms with van der Waals surface area (Å²) < 4.78 is 5.61. The van der Waals surface area contributed by atoms with Gasteiger partial charge in [-0.05, 0) is 58.0 Å². The second-order valence-corrected chi connectivity index (χ2v) is 6.13. The van der Waals surface area contributed by atoms with Crippen molar-refractivity contribution in [2.45, 2.75) is 39.3 Å². The van der Waals surface area contributed by atoms with Gasteiger partial charge in [-0.15, -0.1) is 0 Å². The van der Waals surface area contributed by atoms with Crippen molar-refractivity contribution in [3.63, 3.8) is 0 Å². The molecule has 0 aromatic heterocycles. The van der Waals surface area contributed by atoms with Crippen LogP contribution in [0.2, 0.25) is 0 Å². The lowest BCUT2D eigenvalue weighted by Crippen LogP contribution is -2.41. The largest absolute Gasteiger partial charge is 0.491 e. The molecule has 0 radical (unpaired) electrons. The third kappa shape index (κ3) is 5.05. The van der Waals surface area contributed by atoms with E-state index in [1.807, 2.05) is 38.1 Å². The number of likely N-dealkylation sites (tertiary alicyclic amines) is 1. The van der Waals surface area contributed by atoms with Crippen LogP contribution in [0.4, 0.5) is 0 Å². The number of amides is 1. The predicted octanol–water partition coefficient (Wildman–Crippen LogP) is 2.43. The average Bonchev–Trinajstić information content (AvgIpc) is 2.45. The van der Waals surface area contributed by atoms with Crippen molar-refractivity contribution in [3.05, 3.63) is 29.8 Å². The van der Waals surface area contributed by atoms with Crippen molar-refractivity contribution >= 4 is 5.91 Å². The Morgan fingerprint density at radius 1 is 1.38 bits per heavy atom. The van der Waals surface area contributed by atoms with Gasteiger partial charge in [0.2, 0.25) is 5.91 Å². The minimum absolute atomic E-state index is 0.132. The van der Waals surface area contributed by atoms with Gasteiger partial charge in [0.15, 0.2) is 0 Å². The zero-order valence-electron chi connectivity index (χ0n) is 13.3. The molecule has 0 spiro atoms. The Balaban J connectivity index is 1.80. The highest BCUT2D eigenvalue weighted by Gasteiger charge is 2.23. The maximum absolute atomic E-state index is 12.2. The summed E-state index contributed by atoms with van der Waals surface area (Å²) in [5.41, 5.74) is 1.10. The fourth-order valence-corrected chi connectivity index (χ4v) is 2.67. The van der Waals surface area contributed by atoms with Gasteiger partial charge in [-0.2, -0.15) is 0 Å².